The predicted molar refractivity (Wildman–Crippen MR) is 58.4 cm³/mol. The molecule has 3 heteroatoms. The second kappa shape index (κ2) is 3.64. The van der Waals surface area contributed by atoms with Crippen molar-refractivity contribution >= 4 is 34.3 Å². The molecule has 2 aromatic rings. The fraction of sp³-hybridized carbons (Fsp3) is 0.200. The maximum absolute atomic E-state index is 5.84. The smallest absolute Gasteiger partial charge is 0.135 e. The molecular formula is C10H9ClOS. The minimum atomic E-state index is 0.720. The monoisotopic (exact) mass is 212 g/mol. The molecule has 0 bridgehead atoms. The van der Waals surface area contributed by atoms with Gasteiger partial charge < -0.3 is 4.42 Å². The van der Waals surface area contributed by atoms with E-state index < -0.39 is 0 Å². The van der Waals surface area contributed by atoms with Gasteiger partial charge in [0.1, 0.15) is 11.3 Å². The molecule has 0 N–H and O–H groups in total. The summed E-state index contributed by atoms with van der Waals surface area (Å²) in [7, 11) is 0. The van der Waals surface area contributed by atoms with Crippen molar-refractivity contribution in [3.05, 3.63) is 35.0 Å². The van der Waals surface area contributed by atoms with Gasteiger partial charge in [-0.05, 0) is 24.5 Å². The summed E-state index contributed by atoms with van der Waals surface area (Å²) in [5.41, 5.74) is 0.872. The van der Waals surface area contributed by atoms with E-state index in [2.05, 4.69) is 12.3 Å². The van der Waals surface area contributed by atoms with E-state index in [9.17, 15) is 0 Å². The highest BCUT2D eigenvalue weighted by Crippen LogP contribution is 2.24. The third-order valence-corrected chi connectivity index (χ3v) is 2.63. The molecule has 1 nitrogen and oxygen atoms in total. The van der Waals surface area contributed by atoms with E-state index in [4.69, 9.17) is 16.0 Å². The minimum absolute atomic E-state index is 0.720. The predicted octanol–water partition coefficient (Wildman–Crippen LogP) is 3.95. The van der Waals surface area contributed by atoms with Gasteiger partial charge in [-0.3, -0.25) is 0 Å². The fourth-order valence-corrected chi connectivity index (χ4v) is 1.86. The van der Waals surface area contributed by atoms with Crippen LogP contribution >= 0.6 is 23.4 Å². The van der Waals surface area contributed by atoms with Crippen molar-refractivity contribution in [1.82, 2.24) is 0 Å². The molecule has 1 aromatic carbocycles. The van der Waals surface area contributed by atoms with Gasteiger partial charge in [-0.25, -0.2) is 0 Å². The lowest BCUT2D eigenvalue weighted by atomic mass is 10.2. The van der Waals surface area contributed by atoms with E-state index in [-0.39, 0.29) is 0 Å². The van der Waals surface area contributed by atoms with Crippen molar-refractivity contribution in [2.24, 2.45) is 0 Å². The van der Waals surface area contributed by atoms with Gasteiger partial charge in [0.2, 0.25) is 0 Å². The van der Waals surface area contributed by atoms with E-state index in [0.717, 1.165) is 27.5 Å². The Balaban J connectivity index is 2.49. The van der Waals surface area contributed by atoms with E-state index in [1.807, 2.05) is 18.2 Å². The Morgan fingerprint density at radius 2 is 2.23 bits per heavy atom. The molecule has 0 atom stereocenters. The quantitative estimate of drug-likeness (QED) is 0.748. The van der Waals surface area contributed by atoms with E-state index in [1.165, 1.54) is 0 Å². The molecule has 68 valence electrons. The van der Waals surface area contributed by atoms with Crippen molar-refractivity contribution < 1.29 is 4.42 Å². The van der Waals surface area contributed by atoms with Crippen molar-refractivity contribution in [1.29, 1.82) is 0 Å². The maximum Gasteiger partial charge on any atom is 0.135 e. The van der Waals surface area contributed by atoms with Gasteiger partial charge in [0.15, 0.2) is 0 Å². The molecule has 0 spiro atoms. The van der Waals surface area contributed by atoms with Crippen LogP contribution in [0.25, 0.3) is 11.0 Å². The maximum atomic E-state index is 5.84. The van der Waals surface area contributed by atoms with Gasteiger partial charge >= 0.3 is 0 Å². The van der Waals surface area contributed by atoms with Gasteiger partial charge in [0, 0.05) is 16.5 Å². The summed E-state index contributed by atoms with van der Waals surface area (Å²) in [6, 6.07) is 7.76. The summed E-state index contributed by atoms with van der Waals surface area (Å²) < 4.78 is 5.58. The Morgan fingerprint density at radius 3 is 3.00 bits per heavy atom. The SMILES string of the molecule is CSCc1cc2ccc(Cl)cc2o1. The Labute approximate surface area is 86.1 Å². The highest BCUT2D eigenvalue weighted by Gasteiger charge is 2.02. The van der Waals surface area contributed by atoms with Gasteiger partial charge in [-0.2, -0.15) is 11.8 Å². The zero-order valence-electron chi connectivity index (χ0n) is 7.21. The molecule has 0 aliphatic heterocycles. The molecule has 0 aliphatic carbocycles. The Bertz CT molecular complexity index is 422. The van der Waals surface area contributed by atoms with Crippen LogP contribution in [0.4, 0.5) is 0 Å². The normalized spacial score (nSPS) is 10.9. The Kier molecular flexibility index (Phi) is 2.51. The molecule has 0 saturated carbocycles. The van der Waals surface area contributed by atoms with Crippen LogP contribution in [-0.2, 0) is 5.75 Å². The summed E-state index contributed by atoms with van der Waals surface area (Å²) in [5.74, 6) is 1.91. The van der Waals surface area contributed by atoms with Crippen LogP contribution < -0.4 is 0 Å². The van der Waals surface area contributed by atoms with Crippen molar-refractivity contribution in [3.8, 4) is 0 Å². The van der Waals surface area contributed by atoms with Gasteiger partial charge in [0.05, 0.1) is 5.75 Å². The average Bonchev–Trinajstić information content (AvgIpc) is 2.46. The molecule has 1 aromatic heterocycles. The number of thioether (sulfide) groups is 1. The number of halogens is 1. The average molecular weight is 213 g/mol. The zero-order valence-corrected chi connectivity index (χ0v) is 8.78. The Morgan fingerprint density at radius 1 is 1.38 bits per heavy atom. The van der Waals surface area contributed by atoms with Crippen LogP contribution in [0.15, 0.2) is 28.7 Å². The number of hydrogen-bond acceptors (Lipinski definition) is 2. The molecule has 0 radical (unpaired) electrons. The minimum Gasteiger partial charge on any atom is -0.460 e. The molecule has 13 heavy (non-hydrogen) atoms. The zero-order chi connectivity index (χ0) is 9.26. The topological polar surface area (TPSA) is 13.1 Å². The van der Waals surface area contributed by atoms with Crippen LogP contribution in [0, 0.1) is 0 Å². The highest BCUT2D eigenvalue weighted by atomic mass is 35.5. The van der Waals surface area contributed by atoms with Gasteiger partial charge in [-0.1, -0.05) is 11.6 Å². The van der Waals surface area contributed by atoms with Crippen LogP contribution in [0.3, 0.4) is 0 Å². The molecule has 0 unspecified atom stereocenters. The van der Waals surface area contributed by atoms with Crippen LogP contribution in [-0.4, -0.2) is 6.26 Å². The molecule has 0 amide bonds. The van der Waals surface area contributed by atoms with Crippen LogP contribution in [0.5, 0.6) is 0 Å². The molecule has 0 saturated heterocycles. The number of rotatable bonds is 2. The second-order valence-corrected chi connectivity index (χ2v) is 4.13. The number of fused-ring (bicyclic) bond motifs is 1. The van der Waals surface area contributed by atoms with E-state index in [1.54, 1.807) is 11.8 Å². The first kappa shape index (κ1) is 8.97. The second-order valence-electron chi connectivity index (χ2n) is 2.83. The van der Waals surface area contributed by atoms with Crippen molar-refractivity contribution in [2.75, 3.05) is 6.26 Å². The largest absolute Gasteiger partial charge is 0.460 e. The van der Waals surface area contributed by atoms with Crippen LogP contribution in [0.2, 0.25) is 5.02 Å². The highest BCUT2D eigenvalue weighted by molar-refractivity contribution is 7.97. The summed E-state index contributed by atoms with van der Waals surface area (Å²) >= 11 is 7.59. The molecular weight excluding hydrogens is 204 g/mol. The first-order valence-electron chi connectivity index (χ1n) is 3.96. The van der Waals surface area contributed by atoms with Crippen LogP contribution in [0.1, 0.15) is 5.76 Å². The standard InChI is InChI=1S/C10H9ClOS/c1-13-6-9-4-7-2-3-8(11)5-10(7)12-9/h2-5H,6H2,1H3. The summed E-state index contributed by atoms with van der Waals surface area (Å²) in [6.45, 7) is 0. The summed E-state index contributed by atoms with van der Waals surface area (Å²) in [5, 5.41) is 1.84. The summed E-state index contributed by atoms with van der Waals surface area (Å²) in [4.78, 5) is 0. The molecule has 0 aliphatic rings. The van der Waals surface area contributed by atoms with E-state index >= 15 is 0 Å². The number of hydrogen-bond donors (Lipinski definition) is 0. The lowest BCUT2D eigenvalue weighted by molar-refractivity contribution is 0.574. The third-order valence-electron chi connectivity index (χ3n) is 1.82. The molecule has 0 fully saturated rings. The van der Waals surface area contributed by atoms with E-state index in [0.29, 0.717) is 0 Å². The van der Waals surface area contributed by atoms with Gasteiger partial charge in [-0.15, -0.1) is 0 Å². The first-order valence-corrected chi connectivity index (χ1v) is 5.73. The fourth-order valence-electron chi connectivity index (χ4n) is 1.27. The lowest BCUT2D eigenvalue weighted by Crippen LogP contribution is -1.69. The van der Waals surface area contributed by atoms with Crippen molar-refractivity contribution in [3.63, 3.8) is 0 Å². The molecule has 1 heterocycles. The number of benzene rings is 1. The van der Waals surface area contributed by atoms with Crippen molar-refractivity contribution in [2.45, 2.75) is 5.75 Å². The molecule has 2 rings (SSSR count). The Hall–Kier alpha value is -0.600. The first-order chi connectivity index (χ1) is 6.29. The lowest BCUT2D eigenvalue weighted by Gasteiger charge is -1.89. The third kappa shape index (κ3) is 1.84. The number of furan rings is 1. The summed E-state index contributed by atoms with van der Waals surface area (Å²) in [6.07, 6.45) is 2.06. The van der Waals surface area contributed by atoms with Gasteiger partial charge in [0.25, 0.3) is 0 Å².